The maximum atomic E-state index is 12.9. The topological polar surface area (TPSA) is 79.3 Å². The number of amides is 3. The molecule has 0 saturated carbocycles. The van der Waals surface area contributed by atoms with Crippen LogP contribution in [0.25, 0.3) is 16.9 Å². The second-order valence-electron chi connectivity index (χ2n) is 7.43. The van der Waals surface area contributed by atoms with E-state index in [1.54, 1.807) is 29.3 Å². The van der Waals surface area contributed by atoms with Gasteiger partial charge in [-0.3, -0.25) is 9.69 Å². The van der Waals surface area contributed by atoms with Gasteiger partial charge in [0.2, 0.25) is 0 Å². The van der Waals surface area contributed by atoms with Crippen LogP contribution in [0.1, 0.15) is 10.4 Å². The third kappa shape index (κ3) is 3.83. The molecule has 3 aromatic carbocycles. The van der Waals surface area contributed by atoms with Crippen molar-refractivity contribution in [2.45, 2.75) is 0 Å². The van der Waals surface area contributed by atoms with Crippen molar-refractivity contribution in [1.82, 2.24) is 15.1 Å². The highest BCUT2D eigenvalue weighted by Crippen LogP contribution is 2.23. The SMILES string of the molecule is O=C(Nc1ccc(N2CCNC2=O)cc1)c1cccc(-n2nccc2-c2ccccc2)c1. The molecule has 5 rings (SSSR count). The molecule has 3 amide bonds. The fourth-order valence-corrected chi connectivity index (χ4v) is 3.76. The second-order valence-corrected chi connectivity index (χ2v) is 7.43. The highest BCUT2D eigenvalue weighted by Gasteiger charge is 2.20. The zero-order valence-corrected chi connectivity index (χ0v) is 17.2. The van der Waals surface area contributed by atoms with E-state index in [2.05, 4.69) is 15.7 Å². The zero-order chi connectivity index (χ0) is 21.9. The predicted octanol–water partition coefficient (Wildman–Crippen LogP) is 4.32. The lowest BCUT2D eigenvalue weighted by molar-refractivity contribution is 0.102. The smallest absolute Gasteiger partial charge is 0.321 e. The van der Waals surface area contributed by atoms with E-state index in [4.69, 9.17) is 0 Å². The first-order valence-electron chi connectivity index (χ1n) is 10.4. The number of aromatic nitrogens is 2. The first-order valence-corrected chi connectivity index (χ1v) is 10.4. The molecule has 7 heteroatoms. The Morgan fingerprint density at radius 2 is 1.72 bits per heavy atom. The molecule has 1 aromatic heterocycles. The molecular weight excluding hydrogens is 402 g/mol. The van der Waals surface area contributed by atoms with Crippen molar-refractivity contribution in [3.63, 3.8) is 0 Å². The number of benzene rings is 3. The van der Waals surface area contributed by atoms with E-state index in [1.807, 2.05) is 71.4 Å². The van der Waals surface area contributed by atoms with E-state index in [0.29, 0.717) is 24.3 Å². The highest BCUT2D eigenvalue weighted by molar-refractivity contribution is 6.04. The third-order valence-electron chi connectivity index (χ3n) is 5.36. The lowest BCUT2D eigenvalue weighted by Crippen LogP contribution is -2.27. The van der Waals surface area contributed by atoms with Crippen LogP contribution in [-0.2, 0) is 0 Å². The standard InChI is InChI=1S/C25H21N5O2/c31-24(28-20-9-11-21(12-10-20)29-16-15-26-25(29)32)19-7-4-8-22(17-19)30-23(13-14-27-30)18-5-2-1-3-6-18/h1-14,17H,15-16H2,(H,26,32)(H,28,31). The van der Waals surface area contributed by atoms with E-state index >= 15 is 0 Å². The number of carbonyl (C=O) groups is 2. The van der Waals surface area contributed by atoms with Crippen LogP contribution in [0.3, 0.4) is 0 Å². The van der Waals surface area contributed by atoms with Crippen molar-refractivity contribution in [2.75, 3.05) is 23.3 Å². The van der Waals surface area contributed by atoms with Gasteiger partial charge in [0, 0.05) is 35.6 Å². The lowest BCUT2D eigenvalue weighted by atomic mass is 10.1. The monoisotopic (exact) mass is 423 g/mol. The predicted molar refractivity (Wildman–Crippen MR) is 124 cm³/mol. The summed E-state index contributed by atoms with van der Waals surface area (Å²) in [6.07, 6.45) is 1.75. The molecule has 4 aromatic rings. The summed E-state index contributed by atoms with van der Waals surface area (Å²) < 4.78 is 1.82. The van der Waals surface area contributed by atoms with E-state index in [0.717, 1.165) is 22.6 Å². The Hall–Kier alpha value is -4.39. The van der Waals surface area contributed by atoms with Crippen LogP contribution in [0.4, 0.5) is 16.2 Å². The Bertz CT molecular complexity index is 1270. The van der Waals surface area contributed by atoms with Gasteiger partial charge in [0.05, 0.1) is 17.6 Å². The van der Waals surface area contributed by atoms with Gasteiger partial charge in [-0.1, -0.05) is 36.4 Å². The number of rotatable bonds is 5. The van der Waals surface area contributed by atoms with E-state index < -0.39 is 0 Å². The molecule has 0 spiro atoms. The van der Waals surface area contributed by atoms with Gasteiger partial charge in [0.15, 0.2) is 0 Å². The van der Waals surface area contributed by atoms with Crippen LogP contribution in [0.15, 0.2) is 91.1 Å². The summed E-state index contributed by atoms with van der Waals surface area (Å²) >= 11 is 0. The molecule has 0 unspecified atom stereocenters. The minimum absolute atomic E-state index is 0.105. The third-order valence-corrected chi connectivity index (χ3v) is 5.36. The van der Waals surface area contributed by atoms with E-state index in [-0.39, 0.29) is 11.9 Å². The van der Waals surface area contributed by atoms with Crippen LogP contribution >= 0.6 is 0 Å². The molecule has 0 bridgehead atoms. The number of carbonyl (C=O) groups excluding carboxylic acids is 2. The van der Waals surface area contributed by atoms with Crippen LogP contribution < -0.4 is 15.5 Å². The maximum Gasteiger partial charge on any atom is 0.321 e. The molecule has 158 valence electrons. The Morgan fingerprint density at radius 3 is 2.47 bits per heavy atom. The number of nitrogens with zero attached hydrogens (tertiary/aromatic N) is 3. The van der Waals surface area contributed by atoms with Gasteiger partial charge in [-0.2, -0.15) is 5.10 Å². The first-order chi connectivity index (χ1) is 15.7. The first kappa shape index (κ1) is 19.6. The molecular formula is C25H21N5O2. The molecule has 7 nitrogen and oxygen atoms in total. The van der Waals surface area contributed by atoms with Crippen molar-refractivity contribution >= 4 is 23.3 Å². The number of hydrogen-bond donors (Lipinski definition) is 2. The number of hydrogen-bond acceptors (Lipinski definition) is 3. The lowest BCUT2D eigenvalue weighted by Gasteiger charge is -2.15. The molecule has 1 aliphatic rings. The quantitative estimate of drug-likeness (QED) is 0.502. The van der Waals surface area contributed by atoms with Gasteiger partial charge < -0.3 is 10.6 Å². The highest BCUT2D eigenvalue weighted by atomic mass is 16.2. The fraction of sp³-hybridized carbons (Fsp3) is 0.0800. The molecule has 32 heavy (non-hydrogen) atoms. The van der Waals surface area contributed by atoms with E-state index in [1.165, 1.54) is 0 Å². The molecule has 2 heterocycles. The summed E-state index contributed by atoms with van der Waals surface area (Å²) in [5.41, 5.74) is 4.79. The van der Waals surface area contributed by atoms with Crippen molar-refractivity contribution in [2.24, 2.45) is 0 Å². The molecule has 2 N–H and O–H groups in total. The molecule has 1 fully saturated rings. The minimum Gasteiger partial charge on any atom is -0.336 e. The van der Waals surface area contributed by atoms with Gasteiger partial charge in [-0.05, 0) is 48.5 Å². The Labute approximate surface area is 185 Å². The Kier molecular flexibility index (Phi) is 5.13. The molecule has 0 radical (unpaired) electrons. The van der Waals surface area contributed by atoms with Crippen LogP contribution in [0.5, 0.6) is 0 Å². The summed E-state index contributed by atoms with van der Waals surface area (Å²) in [5.74, 6) is -0.216. The van der Waals surface area contributed by atoms with Gasteiger partial charge in [-0.25, -0.2) is 9.48 Å². The summed E-state index contributed by atoms with van der Waals surface area (Å²) in [4.78, 5) is 26.3. The van der Waals surface area contributed by atoms with Crippen LogP contribution in [0, 0.1) is 0 Å². The number of urea groups is 1. The molecule has 1 aliphatic heterocycles. The molecule has 0 atom stereocenters. The summed E-state index contributed by atoms with van der Waals surface area (Å²) in [5, 5.41) is 10.1. The average molecular weight is 423 g/mol. The Morgan fingerprint density at radius 1 is 0.906 bits per heavy atom. The van der Waals surface area contributed by atoms with Crippen molar-refractivity contribution in [1.29, 1.82) is 0 Å². The zero-order valence-electron chi connectivity index (χ0n) is 17.2. The average Bonchev–Trinajstić information content (AvgIpc) is 3.50. The summed E-state index contributed by atoms with van der Waals surface area (Å²) in [6, 6.07) is 26.4. The van der Waals surface area contributed by atoms with Crippen LogP contribution in [-0.4, -0.2) is 34.8 Å². The molecule has 1 saturated heterocycles. The van der Waals surface area contributed by atoms with Crippen LogP contribution in [0.2, 0.25) is 0 Å². The van der Waals surface area contributed by atoms with Crippen molar-refractivity contribution in [3.05, 3.63) is 96.7 Å². The maximum absolute atomic E-state index is 12.9. The summed E-state index contributed by atoms with van der Waals surface area (Å²) in [6.45, 7) is 1.27. The molecule has 0 aliphatic carbocycles. The second kappa shape index (κ2) is 8.39. The van der Waals surface area contributed by atoms with Gasteiger partial charge in [-0.15, -0.1) is 0 Å². The van der Waals surface area contributed by atoms with Crippen molar-refractivity contribution < 1.29 is 9.59 Å². The van der Waals surface area contributed by atoms with Gasteiger partial charge in [0.1, 0.15) is 0 Å². The number of nitrogens with one attached hydrogen (secondary N) is 2. The van der Waals surface area contributed by atoms with Crippen molar-refractivity contribution in [3.8, 4) is 16.9 Å². The summed E-state index contributed by atoms with van der Waals surface area (Å²) in [7, 11) is 0. The fourth-order valence-electron chi connectivity index (χ4n) is 3.76. The Balaban J connectivity index is 1.35. The minimum atomic E-state index is -0.216. The number of anilines is 2. The van der Waals surface area contributed by atoms with Gasteiger partial charge >= 0.3 is 6.03 Å². The normalized spacial score (nSPS) is 13.1. The van der Waals surface area contributed by atoms with E-state index in [9.17, 15) is 9.59 Å². The van der Waals surface area contributed by atoms with Gasteiger partial charge in [0.25, 0.3) is 5.91 Å². The largest absolute Gasteiger partial charge is 0.336 e.